The van der Waals surface area contributed by atoms with Crippen molar-refractivity contribution in [2.75, 3.05) is 13.2 Å². The molecule has 0 bridgehead atoms. The number of unbranched alkanes of at least 4 members (excludes halogenated alkanes) is 3. The van der Waals surface area contributed by atoms with Gasteiger partial charge < -0.3 is 5.73 Å². The Morgan fingerprint density at radius 2 is 1.57 bits per heavy atom. The zero-order valence-corrected chi connectivity index (χ0v) is 15.2. The SMILES string of the molecule is Cl.NCCCCCCC1(c2ccc(CCF)cc2)CCCCC1. The molecule has 0 spiro atoms. The molecule has 2 rings (SSSR count). The van der Waals surface area contributed by atoms with Crippen LogP contribution in [0.3, 0.4) is 0 Å². The molecular formula is C20H33ClFN. The minimum Gasteiger partial charge on any atom is -0.330 e. The van der Waals surface area contributed by atoms with Crippen molar-refractivity contribution in [3.63, 3.8) is 0 Å². The summed E-state index contributed by atoms with van der Waals surface area (Å²) in [5.74, 6) is 0. The minimum atomic E-state index is -0.258. The Kier molecular flexibility index (Phi) is 9.81. The maximum absolute atomic E-state index is 12.5. The maximum Gasteiger partial charge on any atom is 0.0934 e. The first-order valence-electron chi connectivity index (χ1n) is 9.16. The molecule has 2 N–H and O–H groups in total. The molecule has 1 nitrogen and oxygen atoms in total. The normalized spacial score (nSPS) is 16.8. The lowest BCUT2D eigenvalue weighted by Gasteiger charge is -2.38. The Bertz CT molecular complexity index is 412. The predicted octanol–water partition coefficient (Wildman–Crippen LogP) is 5.73. The molecule has 1 aliphatic rings. The smallest absolute Gasteiger partial charge is 0.0934 e. The summed E-state index contributed by atoms with van der Waals surface area (Å²) in [4.78, 5) is 0. The van der Waals surface area contributed by atoms with Gasteiger partial charge in [-0.05, 0) is 48.8 Å². The highest BCUT2D eigenvalue weighted by Crippen LogP contribution is 2.43. The third-order valence-electron chi connectivity index (χ3n) is 5.37. The van der Waals surface area contributed by atoms with Gasteiger partial charge in [-0.25, -0.2) is 0 Å². The van der Waals surface area contributed by atoms with Crippen molar-refractivity contribution in [1.82, 2.24) is 0 Å². The molecule has 0 unspecified atom stereocenters. The Hall–Kier alpha value is -0.600. The van der Waals surface area contributed by atoms with E-state index in [-0.39, 0.29) is 19.1 Å². The number of hydrogen-bond acceptors (Lipinski definition) is 1. The predicted molar refractivity (Wildman–Crippen MR) is 100 cm³/mol. The van der Waals surface area contributed by atoms with Crippen LogP contribution in [-0.4, -0.2) is 13.2 Å². The van der Waals surface area contributed by atoms with Crippen molar-refractivity contribution in [2.45, 2.75) is 76.0 Å². The van der Waals surface area contributed by atoms with E-state index in [1.807, 2.05) is 0 Å². The molecule has 3 heteroatoms. The Balaban J connectivity index is 0.00000264. The monoisotopic (exact) mass is 341 g/mol. The Labute approximate surface area is 147 Å². The first-order valence-corrected chi connectivity index (χ1v) is 9.16. The molecule has 1 aromatic rings. The topological polar surface area (TPSA) is 26.0 Å². The molecular weight excluding hydrogens is 309 g/mol. The van der Waals surface area contributed by atoms with Crippen molar-refractivity contribution >= 4 is 12.4 Å². The summed E-state index contributed by atoms with van der Waals surface area (Å²) in [7, 11) is 0. The highest BCUT2D eigenvalue weighted by atomic mass is 35.5. The van der Waals surface area contributed by atoms with Crippen molar-refractivity contribution in [3.05, 3.63) is 35.4 Å². The number of nitrogens with two attached hydrogens (primary N) is 1. The number of aryl methyl sites for hydroxylation is 1. The number of halogens is 2. The quantitative estimate of drug-likeness (QED) is 0.570. The lowest BCUT2D eigenvalue weighted by atomic mass is 9.66. The molecule has 1 fully saturated rings. The molecule has 23 heavy (non-hydrogen) atoms. The number of benzene rings is 1. The van der Waals surface area contributed by atoms with Crippen LogP contribution in [0, 0.1) is 0 Å². The van der Waals surface area contributed by atoms with Gasteiger partial charge in [0.05, 0.1) is 6.67 Å². The molecule has 0 saturated heterocycles. The Morgan fingerprint density at radius 1 is 0.913 bits per heavy atom. The van der Waals surface area contributed by atoms with E-state index in [0.717, 1.165) is 18.5 Å². The molecule has 0 amide bonds. The van der Waals surface area contributed by atoms with Gasteiger partial charge in [0.15, 0.2) is 0 Å². The average Bonchev–Trinajstić information content (AvgIpc) is 2.56. The van der Waals surface area contributed by atoms with Gasteiger partial charge in [0.25, 0.3) is 0 Å². The maximum atomic E-state index is 12.5. The van der Waals surface area contributed by atoms with E-state index in [4.69, 9.17) is 5.73 Å². The van der Waals surface area contributed by atoms with E-state index in [9.17, 15) is 4.39 Å². The van der Waals surface area contributed by atoms with Gasteiger partial charge in [-0.2, -0.15) is 0 Å². The zero-order chi connectivity index (χ0) is 15.7. The Morgan fingerprint density at radius 3 is 2.17 bits per heavy atom. The average molecular weight is 342 g/mol. The van der Waals surface area contributed by atoms with Crippen molar-refractivity contribution in [3.8, 4) is 0 Å². The lowest BCUT2D eigenvalue weighted by Crippen LogP contribution is -2.29. The van der Waals surface area contributed by atoms with Crippen LogP contribution < -0.4 is 5.73 Å². The van der Waals surface area contributed by atoms with Crippen LogP contribution in [0.5, 0.6) is 0 Å². The summed E-state index contributed by atoms with van der Waals surface area (Å²) in [5.41, 5.74) is 8.59. The van der Waals surface area contributed by atoms with E-state index < -0.39 is 0 Å². The molecule has 1 aliphatic carbocycles. The molecule has 0 aliphatic heterocycles. The van der Waals surface area contributed by atoms with Gasteiger partial charge >= 0.3 is 0 Å². The van der Waals surface area contributed by atoms with E-state index in [0.29, 0.717) is 11.8 Å². The molecule has 1 aromatic carbocycles. The lowest BCUT2D eigenvalue weighted by molar-refractivity contribution is 0.265. The second-order valence-corrected chi connectivity index (χ2v) is 6.93. The molecule has 132 valence electrons. The summed E-state index contributed by atoms with van der Waals surface area (Å²) in [6, 6.07) is 8.83. The second-order valence-electron chi connectivity index (χ2n) is 6.93. The summed E-state index contributed by atoms with van der Waals surface area (Å²) < 4.78 is 12.5. The first kappa shape index (κ1) is 20.4. The molecule has 0 atom stereocenters. The minimum absolute atomic E-state index is 0. The standard InChI is InChI=1S/C20H32FN.ClH/c21-16-12-18-8-10-19(11-9-18)20(14-5-3-6-15-20)13-4-1-2-7-17-22;/h8-11H,1-7,12-17,22H2;1H. The van der Waals surface area contributed by atoms with Crippen LogP contribution in [0.4, 0.5) is 4.39 Å². The van der Waals surface area contributed by atoms with E-state index >= 15 is 0 Å². The summed E-state index contributed by atoms with van der Waals surface area (Å²) in [6.07, 6.45) is 13.6. The number of alkyl halides is 1. The van der Waals surface area contributed by atoms with Gasteiger partial charge in [0, 0.05) is 6.42 Å². The van der Waals surface area contributed by atoms with E-state index in [2.05, 4.69) is 24.3 Å². The van der Waals surface area contributed by atoms with Crippen molar-refractivity contribution < 1.29 is 4.39 Å². The highest BCUT2D eigenvalue weighted by Gasteiger charge is 2.33. The summed E-state index contributed by atoms with van der Waals surface area (Å²) in [5, 5.41) is 0. The summed E-state index contributed by atoms with van der Waals surface area (Å²) in [6.45, 7) is 0.562. The highest BCUT2D eigenvalue weighted by molar-refractivity contribution is 5.85. The molecule has 0 heterocycles. The van der Waals surface area contributed by atoms with Crippen molar-refractivity contribution in [1.29, 1.82) is 0 Å². The third-order valence-corrected chi connectivity index (χ3v) is 5.37. The van der Waals surface area contributed by atoms with Crippen LogP contribution in [-0.2, 0) is 11.8 Å². The zero-order valence-electron chi connectivity index (χ0n) is 14.4. The van der Waals surface area contributed by atoms with E-state index in [1.54, 1.807) is 0 Å². The fourth-order valence-corrected chi connectivity index (χ4v) is 4.01. The molecule has 0 radical (unpaired) electrons. The number of rotatable bonds is 9. The largest absolute Gasteiger partial charge is 0.330 e. The second kappa shape index (κ2) is 11.0. The molecule has 1 saturated carbocycles. The van der Waals surface area contributed by atoms with Crippen LogP contribution in [0.2, 0.25) is 0 Å². The van der Waals surface area contributed by atoms with E-state index in [1.165, 1.54) is 63.4 Å². The number of hydrogen-bond donors (Lipinski definition) is 1. The van der Waals surface area contributed by atoms with Gasteiger partial charge in [-0.15, -0.1) is 12.4 Å². The molecule has 0 aromatic heterocycles. The van der Waals surface area contributed by atoms with Crippen LogP contribution in [0.25, 0.3) is 0 Å². The van der Waals surface area contributed by atoms with Crippen LogP contribution >= 0.6 is 12.4 Å². The fourth-order valence-electron chi connectivity index (χ4n) is 4.01. The van der Waals surface area contributed by atoms with Crippen molar-refractivity contribution in [2.24, 2.45) is 5.73 Å². The van der Waals surface area contributed by atoms with Gasteiger partial charge in [0.2, 0.25) is 0 Å². The first-order chi connectivity index (χ1) is 10.8. The van der Waals surface area contributed by atoms with Crippen LogP contribution in [0.15, 0.2) is 24.3 Å². The van der Waals surface area contributed by atoms with Gasteiger partial charge in [-0.1, -0.05) is 62.8 Å². The fraction of sp³-hybridized carbons (Fsp3) is 0.700. The van der Waals surface area contributed by atoms with Gasteiger partial charge in [0.1, 0.15) is 0 Å². The van der Waals surface area contributed by atoms with Crippen LogP contribution in [0.1, 0.15) is 75.3 Å². The summed E-state index contributed by atoms with van der Waals surface area (Å²) >= 11 is 0. The van der Waals surface area contributed by atoms with Gasteiger partial charge in [-0.3, -0.25) is 4.39 Å². The third kappa shape index (κ3) is 6.08.